The van der Waals surface area contributed by atoms with Crippen molar-refractivity contribution in [2.45, 2.75) is 26.8 Å². The van der Waals surface area contributed by atoms with Crippen molar-refractivity contribution in [2.24, 2.45) is 0 Å². The first-order valence-electron chi connectivity index (χ1n) is 8.66. The molecule has 0 fully saturated rings. The second-order valence-corrected chi connectivity index (χ2v) is 8.34. The molecule has 0 aliphatic carbocycles. The molecular formula is C20H26N2O4S. The van der Waals surface area contributed by atoms with Crippen molar-refractivity contribution in [1.82, 2.24) is 5.32 Å². The molecule has 0 unspecified atom stereocenters. The molecule has 0 saturated carbocycles. The third-order valence-electron chi connectivity index (χ3n) is 4.44. The highest BCUT2D eigenvalue weighted by Gasteiger charge is 2.20. The van der Waals surface area contributed by atoms with Crippen LogP contribution in [0.5, 0.6) is 5.75 Å². The number of amides is 1. The Labute approximate surface area is 161 Å². The fourth-order valence-corrected chi connectivity index (χ4v) is 3.68. The predicted octanol–water partition coefficient (Wildman–Crippen LogP) is 2.78. The summed E-state index contributed by atoms with van der Waals surface area (Å²) in [5, 5.41) is 2.82. The van der Waals surface area contributed by atoms with E-state index in [1.165, 1.54) is 4.31 Å². The summed E-state index contributed by atoms with van der Waals surface area (Å²) >= 11 is 0. The van der Waals surface area contributed by atoms with E-state index in [2.05, 4.69) is 5.32 Å². The van der Waals surface area contributed by atoms with Gasteiger partial charge in [-0.1, -0.05) is 24.3 Å². The van der Waals surface area contributed by atoms with Crippen LogP contribution in [0.3, 0.4) is 0 Å². The van der Waals surface area contributed by atoms with E-state index in [1.54, 1.807) is 13.2 Å². The number of ether oxygens (including phenoxy) is 1. The van der Waals surface area contributed by atoms with Gasteiger partial charge in [0.2, 0.25) is 15.9 Å². The second-order valence-electron chi connectivity index (χ2n) is 6.43. The SMILES string of the molecule is COc1ccc(CNC(=O)CCN(c2cccc(C)c2C)S(C)(=O)=O)cc1. The number of rotatable bonds is 8. The average molecular weight is 391 g/mol. The Morgan fingerprint density at radius 3 is 2.37 bits per heavy atom. The minimum absolute atomic E-state index is 0.0800. The summed E-state index contributed by atoms with van der Waals surface area (Å²) in [6.07, 6.45) is 1.24. The van der Waals surface area contributed by atoms with E-state index in [9.17, 15) is 13.2 Å². The molecule has 2 aromatic rings. The molecule has 27 heavy (non-hydrogen) atoms. The third kappa shape index (κ3) is 5.72. The molecule has 0 saturated heterocycles. The Kier molecular flexibility index (Phi) is 6.85. The zero-order valence-electron chi connectivity index (χ0n) is 16.2. The summed E-state index contributed by atoms with van der Waals surface area (Å²) in [7, 11) is -1.89. The normalized spacial score (nSPS) is 11.1. The maximum Gasteiger partial charge on any atom is 0.232 e. The van der Waals surface area contributed by atoms with Crippen LogP contribution in [0.15, 0.2) is 42.5 Å². The lowest BCUT2D eigenvalue weighted by atomic mass is 10.1. The zero-order valence-corrected chi connectivity index (χ0v) is 17.0. The Bertz CT molecular complexity index is 893. The maximum atomic E-state index is 12.2. The number of nitrogens with zero attached hydrogens (tertiary/aromatic N) is 1. The van der Waals surface area contributed by atoms with E-state index in [4.69, 9.17) is 4.74 Å². The molecule has 0 radical (unpaired) electrons. The molecule has 2 aromatic carbocycles. The topological polar surface area (TPSA) is 75.7 Å². The van der Waals surface area contributed by atoms with Crippen LogP contribution in [0.25, 0.3) is 0 Å². The molecular weight excluding hydrogens is 364 g/mol. The van der Waals surface area contributed by atoms with Gasteiger partial charge in [0.1, 0.15) is 5.75 Å². The van der Waals surface area contributed by atoms with E-state index in [0.29, 0.717) is 12.2 Å². The Morgan fingerprint density at radius 1 is 1.11 bits per heavy atom. The van der Waals surface area contributed by atoms with E-state index in [1.807, 2.05) is 50.2 Å². The second kappa shape index (κ2) is 8.90. The standard InChI is InChI=1S/C20H26N2O4S/c1-15-6-5-7-19(16(15)2)22(27(4,24)25)13-12-20(23)21-14-17-8-10-18(26-3)11-9-17/h5-11H,12-14H2,1-4H3,(H,21,23). The first-order chi connectivity index (χ1) is 12.7. The van der Waals surface area contributed by atoms with Crippen LogP contribution in [-0.2, 0) is 21.4 Å². The molecule has 7 heteroatoms. The summed E-state index contributed by atoms with van der Waals surface area (Å²) in [4.78, 5) is 12.2. The molecule has 6 nitrogen and oxygen atoms in total. The summed E-state index contributed by atoms with van der Waals surface area (Å²) in [5.41, 5.74) is 3.45. The van der Waals surface area contributed by atoms with Crippen LogP contribution in [0.1, 0.15) is 23.1 Å². The van der Waals surface area contributed by atoms with Gasteiger partial charge in [-0.3, -0.25) is 9.10 Å². The summed E-state index contributed by atoms with van der Waals surface area (Å²) < 4.78 is 30.9. The molecule has 0 aliphatic heterocycles. The lowest BCUT2D eigenvalue weighted by molar-refractivity contribution is -0.121. The minimum Gasteiger partial charge on any atom is -0.497 e. The maximum absolute atomic E-state index is 12.2. The molecule has 0 bridgehead atoms. The van der Waals surface area contributed by atoms with Crippen LogP contribution < -0.4 is 14.4 Å². The number of methoxy groups -OCH3 is 1. The van der Waals surface area contributed by atoms with Crippen molar-refractivity contribution in [3.63, 3.8) is 0 Å². The van der Waals surface area contributed by atoms with Gasteiger partial charge in [0.05, 0.1) is 19.1 Å². The molecule has 0 aromatic heterocycles. The third-order valence-corrected chi connectivity index (χ3v) is 5.62. The van der Waals surface area contributed by atoms with Gasteiger partial charge in [-0.15, -0.1) is 0 Å². The van der Waals surface area contributed by atoms with Crippen molar-refractivity contribution in [2.75, 3.05) is 24.2 Å². The zero-order chi connectivity index (χ0) is 20.0. The lowest BCUT2D eigenvalue weighted by Gasteiger charge is -2.24. The largest absolute Gasteiger partial charge is 0.497 e. The fraction of sp³-hybridized carbons (Fsp3) is 0.350. The number of hydrogen-bond acceptors (Lipinski definition) is 4. The summed E-state index contributed by atoms with van der Waals surface area (Å²) in [6.45, 7) is 4.29. The van der Waals surface area contributed by atoms with Gasteiger partial charge in [-0.2, -0.15) is 0 Å². The van der Waals surface area contributed by atoms with Gasteiger partial charge >= 0.3 is 0 Å². The molecule has 0 aliphatic rings. The van der Waals surface area contributed by atoms with Crippen LogP contribution in [-0.4, -0.2) is 34.2 Å². The van der Waals surface area contributed by atoms with E-state index in [-0.39, 0.29) is 18.9 Å². The molecule has 1 N–H and O–H groups in total. The Morgan fingerprint density at radius 2 is 1.78 bits per heavy atom. The van der Waals surface area contributed by atoms with Crippen LogP contribution in [0.2, 0.25) is 0 Å². The van der Waals surface area contributed by atoms with Gasteiger partial charge < -0.3 is 10.1 Å². The monoisotopic (exact) mass is 390 g/mol. The number of aryl methyl sites for hydroxylation is 1. The smallest absolute Gasteiger partial charge is 0.232 e. The minimum atomic E-state index is -3.49. The average Bonchev–Trinajstić information content (AvgIpc) is 2.63. The lowest BCUT2D eigenvalue weighted by Crippen LogP contribution is -2.35. The summed E-state index contributed by atoms with van der Waals surface area (Å²) in [5.74, 6) is 0.548. The number of sulfonamides is 1. The highest BCUT2D eigenvalue weighted by Crippen LogP contribution is 2.25. The fourth-order valence-electron chi connectivity index (χ4n) is 2.71. The Hall–Kier alpha value is -2.54. The van der Waals surface area contributed by atoms with Gasteiger partial charge in [0.25, 0.3) is 0 Å². The van der Waals surface area contributed by atoms with Crippen molar-refractivity contribution < 1.29 is 17.9 Å². The van der Waals surface area contributed by atoms with Crippen LogP contribution in [0, 0.1) is 13.8 Å². The van der Waals surface area contributed by atoms with Crippen LogP contribution in [0.4, 0.5) is 5.69 Å². The van der Waals surface area contributed by atoms with E-state index >= 15 is 0 Å². The number of nitrogens with one attached hydrogen (secondary N) is 1. The quantitative estimate of drug-likeness (QED) is 0.752. The van der Waals surface area contributed by atoms with Crippen molar-refractivity contribution in [3.05, 3.63) is 59.2 Å². The number of hydrogen-bond donors (Lipinski definition) is 1. The Balaban J connectivity index is 2.00. The first-order valence-corrected chi connectivity index (χ1v) is 10.5. The van der Waals surface area contributed by atoms with Crippen molar-refractivity contribution in [1.29, 1.82) is 0 Å². The highest BCUT2D eigenvalue weighted by atomic mass is 32.2. The molecule has 2 rings (SSSR count). The first kappa shape index (κ1) is 20.8. The van der Waals surface area contributed by atoms with E-state index in [0.717, 1.165) is 28.7 Å². The molecule has 146 valence electrons. The summed E-state index contributed by atoms with van der Waals surface area (Å²) in [6, 6.07) is 12.9. The van der Waals surface area contributed by atoms with E-state index < -0.39 is 10.0 Å². The van der Waals surface area contributed by atoms with Crippen molar-refractivity contribution >= 4 is 21.6 Å². The van der Waals surface area contributed by atoms with Crippen molar-refractivity contribution in [3.8, 4) is 5.75 Å². The molecule has 0 spiro atoms. The number of benzene rings is 2. The van der Waals surface area contributed by atoms with Gasteiger partial charge in [-0.25, -0.2) is 8.42 Å². The molecule has 0 heterocycles. The predicted molar refractivity (Wildman–Crippen MR) is 108 cm³/mol. The number of anilines is 1. The highest BCUT2D eigenvalue weighted by molar-refractivity contribution is 7.92. The van der Waals surface area contributed by atoms with Gasteiger partial charge in [0.15, 0.2) is 0 Å². The number of carbonyl (C=O) groups is 1. The van der Waals surface area contributed by atoms with Crippen LogP contribution >= 0.6 is 0 Å². The van der Waals surface area contributed by atoms with Gasteiger partial charge in [-0.05, 0) is 48.7 Å². The van der Waals surface area contributed by atoms with Gasteiger partial charge in [0, 0.05) is 19.5 Å². The number of carbonyl (C=O) groups excluding carboxylic acids is 1. The molecule has 0 atom stereocenters. The molecule has 1 amide bonds.